The second kappa shape index (κ2) is 5.26. The fraction of sp³-hybridized carbons (Fsp3) is 0.417. The molecule has 4 heteroatoms. The van der Waals surface area contributed by atoms with Crippen molar-refractivity contribution in [1.82, 2.24) is 0 Å². The minimum absolute atomic E-state index is 0.165. The van der Waals surface area contributed by atoms with E-state index in [1.807, 2.05) is 37.1 Å². The van der Waals surface area contributed by atoms with Crippen LogP contribution in [0.4, 0.5) is 11.4 Å². The largest absolute Gasteiger partial charge is 0.495 e. The number of benzene rings is 1. The Morgan fingerprint density at radius 1 is 1.56 bits per heavy atom. The van der Waals surface area contributed by atoms with Crippen LogP contribution in [0.3, 0.4) is 0 Å². The van der Waals surface area contributed by atoms with Gasteiger partial charge in [0.15, 0.2) is 0 Å². The van der Waals surface area contributed by atoms with Gasteiger partial charge in [-0.05, 0) is 19.1 Å². The van der Waals surface area contributed by atoms with E-state index in [1.165, 1.54) is 0 Å². The third-order valence-electron chi connectivity index (χ3n) is 2.67. The van der Waals surface area contributed by atoms with Gasteiger partial charge in [0.05, 0.1) is 25.3 Å². The highest BCUT2D eigenvalue weighted by molar-refractivity contribution is 5.62. The van der Waals surface area contributed by atoms with Crippen LogP contribution in [-0.4, -0.2) is 20.2 Å². The third kappa shape index (κ3) is 2.57. The molecule has 0 bridgehead atoms. The first-order chi connectivity index (χ1) is 7.60. The summed E-state index contributed by atoms with van der Waals surface area (Å²) in [6.07, 6.45) is 0.489. The van der Waals surface area contributed by atoms with Crippen molar-refractivity contribution in [1.29, 1.82) is 5.26 Å². The number of hydrogen-bond acceptors (Lipinski definition) is 4. The highest BCUT2D eigenvalue weighted by Gasteiger charge is 2.11. The molecule has 0 amide bonds. The molecule has 0 aromatic heterocycles. The summed E-state index contributed by atoms with van der Waals surface area (Å²) in [5.74, 6) is 0.661. The fourth-order valence-corrected chi connectivity index (χ4v) is 1.44. The molecule has 0 spiro atoms. The quantitative estimate of drug-likeness (QED) is 0.787. The summed E-state index contributed by atoms with van der Waals surface area (Å²) in [5.41, 5.74) is 7.35. The molecule has 0 aliphatic heterocycles. The van der Waals surface area contributed by atoms with Gasteiger partial charge in [0, 0.05) is 24.8 Å². The first-order valence-corrected chi connectivity index (χ1v) is 5.13. The van der Waals surface area contributed by atoms with E-state index >= 15 is 0 Å². The molecule has 0 saturated carbocycles. The molecule has 0 fully saturated rings. The summed E-state index contributed by atoms with van der Waals surface area (Å²) in [5, 5.41) is 8.66. The number of nitrogens with two attached hydrogens (primary N) is 1. The maximum atomic E-state index is 8.66. The second-order valence-corrected chi connectivity index (χ2v) is 3.75. The molecule has 2 N–H and O–H groups in total. The summed E-state index contributed by atoms with van der Waals surface area (Å²) >= 11 is 0. The molecule has 1 atom stereocenters. The molecule has 86 valence electrons. The number of hydrogen-bond donors (Lipinski definition) is 1. The van der Waals surface area contributed by atoms with Gasteiger partial charge in [0.2, 0.25) is 0 Å². The molecule has 1 aromatic carbocycles. The molecule has 1 unspecified atom stereocenters. The van der Waals surface area contributed by atoms with E-state index in [4.69, 9.17) is 15.7 Å². The highest BCUT2D eigenvalue weighted by atomic mass is 16.5. The maximum Gasteiger partial charge on any atom is 0.143 e. The number of nitriles is 1. The fourth-order valence-electron chi connectivity index (χ4n) is 1.44. The monoisotopic (exact) mass is 219 g/mol. The van der Waals surface area contributed by atoms with E-state index in [0.29, 0.717) is 17.9 Å². The molecular weight excluding hydrogens is 202 g/mol. The highest BCUT2D eigenvalue weighted by Crippen LogP contribution is 2.27. The molecule has 4 nitrogen and oxygen atoms in total. The molecule has 1 rings (SSSR count). The summed E-state index contributed by atoms with van der Waals surface area (Å²) < 4.78 is 5.16. The first-order valence-electron chi connectivity index (χ1n) is 5.13. The van der Waals surface area contributed by atoms with Crippen molar-refractivity contribution in [3.63, 3.8) is 0 Å². The molecule has 0 heterocycles. The smallest absolute Gasteiger partial charge is 0.143 e. The zero-order valence-corrected chi connectivity index (χ0v) is 9.90. The minimum Gasteiger partial charge on any atom is -0.495 e. The Hall–Kier alpha value is -1.89. The standard InChI is InChI=1S/C12H17N3O/c1-9(6-7-13)15(2)10-4-5-11(14)12(8-10)16-3/h4-5,8-9H,6,14H2,1-3H3. The Kier molecular flexibility index (Phi) is 4.01. The topological polar surface area (TPSA) is 62.3 Å². The molecule has 0 saturated heterocycles. The van der Waals surface area contributed by atoms with Gasteiger partial charge in [-0.3, -0.25) is 0 Å². The molecule has 1 aromatic rings. The van der Waals surface area contributed by atoms with E-state index in [1.54, 1.807) is 7.11 Å². The Morgan fingerprint density at radius 3 is 2.81 bits per heavy atom. The van der Waals surface area contributed by atoms with Crippen molar-refractivity contribution in [3.8, 4) is 11.8 Å². The van der Waals surface area contributed by atoms with Crippen LogP contribution in [0, 0.1) is 11.3 Å². The average molecular weight is 219 g/mol. The number of ether oxygens (including phenoxy) is 1. The molecular formula is C12H17N3O. The zero-order chi connectivity index (χ0) is 12.1. The van der Waals surface area contributed by atoms with Crippen LogP contribution >= 0.6 is 0 Å². The van der Waals surface area contributed by atoms with Gasteiger partial charge in [-0.15, -0.1) is 0 Å². The van der Waals surface area contributed by atoms with Crippen LogP contribution in [0.15, 0.2) is 18.2 Å². The van der Waals surface area contributed by atoms with E-state index in [9.17, 15) is 0 Å². The van der Waals surface area contributed by atoms with Gasteiger partial charge in [0.25, 0.3) is 0 Å². The zero-order valence-electron chi connectivity index (χ0n) is 9.90. The average Bonchev–Trinajstić information content (AvgIpc) is 2.29. The van der Waals surface area contributed by atoms with E-state index in [2.05, 4.69) is 6.07 Å². The Balaban J connectivity index is 2.92. The predicted molar refractivity (Wildman–Crippen MR) is 65.5 cm³/mol. The summed E-state index contributed by atoms with van der Waals surface area (Å²) in [6, 6.07) is 7.94. The molecule has 0 radical (unpaired) electrons. The lowest BCUT2D eigenvalue weighted by molar-refractivity contribution is 0.417. The Morgan fingerprint density at radius 2 is 2.25 bits per heavy atom. The van der Waals surface area contributed by atoms with Crippen molar-refractivity contribution >= 4 is 11.4 Å². The number of methoxy groups -OCH3 is 1. The molecule has 0 aliphatic rings. The van der Waals surface area contributed by atoms with Crippen LogP contribution in [0.1, 0.15) is 13.3 Å². The lowest BCUT2D eigenvalue weighted by atomic mass is 10.2. The van der Waals surface area contributed by atoms with E-state index in [0.717, 1.165) is 5.69 Å². The second-order valence-electron chi connectivity index (χ2n) is 3.75. The van der Waals surface area contributed by atoms with Crippen LogP contribution in [-0.2, 0) is 0 Å². The number of nitrogens with zero attached hydrogens (tertiary/aromatic N) is 2. The summed E-state index contributed by atoms with van der Waals surface area (Å²) in [4.78, 5) is 2.03. The van der Waals surface area contributed by atoms with Crippen molar-refractivity contribution in [2.45, 2.75) is 19.4 Å². The van der Waals surface area contributed by atoms with Crippen molar-refractivity contribution in [2.24, 2.45) is 0 Å². The predicted octanol–water partition coefficient (Wildman–Crippen LogP) is 2.02. The molecule has 16 heavy (non-hydrogen) atoms. The SMILES string of the molecule is COc1cc(N(C)C(C)CC#N)ccc1N. The first kappa shape index (κ1) is 12.2. The minimum atomic E-state index is 0.165. The Bertz CT molecular complexity index is 398. The van der Waals surface area contributed by atoms with Gasteiger partial charge >= 0.3 is 0 Å². The van der Waals surface area contributed by atoms with Crippen molar-refractivity contribution < 1.29 is 4.74 Å². The van der Waals surface area contributed by atoms with E-state index < -0.39 is 0 Å². The molecule has 0 aliphatic carbocycles. The number of anilines is 2. The number of nitrogen functional groups attached to an aromatic ring is 1. The summed E-state index contributed by atoms with van der Waals surface area (Å²) in [7, 11) is 3.54. The lowest BCUT2D eigenvalue weighted by Crippen LogP contribution is -2.28. The van der Waals surface area contributed by atoms with Crippen LogP contribution < -0.4 is 15.4 Å². The van der Waals surface area contributed by atoms with Crippen LogP contribution in [0.25, 0.3) is 0 Å². The van der Waals surface area contributed by atoms with E-state index in [-0.39, 0.29) is 6.04 Å². The van der Waals surface area contributed by atoms with Crippen molar-refractivity contribution in [2.75, 3.05) is 24.8 Å². The van der Waals surface area contributed by atoms with Crippen LogP contribution in [0.2, 0.25) is 0 Å². The van der Waals surface area contributed by atoms with Crippen LogP contribution in [0.5, 0.6) is 5.75 Å². The van der Waals surface area contributed by atoms with Gasteiger partial charge in [-0.25, -0.2) is 0 Å². The normalized spacial score (nSPS) is 11.6. The third-order valence-corrected chi connectivity index (χ3v) is 2.67. The maximum absolute atomic E-state index is 8.66. The van der Waals surface area contributed by atoms with Gasteiger partial charge in [0.1, 0.15) is 5.75 Å². The lowest BCUT2D eigenvalue weighted by Gasteiger charge is -2.25. The van der Waals surface area contributed by atoms with Gasteiger partial charge < -0.3 is 15.4 Å². The van der Waals surface area contributed by atoms with Crippen molar-refractivity contribution in [3.05, 3.63) is 18.2 Å². The summed E-state index contributed by atoms with van der Waals surface area (Å²) in [6.45, 7) is 2.01. The van der Waals surface area contributed by atoms with Gasteiger partial charge in [-0.2, -0.15) is 5.26 Å². The number of rotatable bonds is 4. The Labute approximate surface area is 96.2 Å². The van der Waals surface area contributed by atoms with Gasteiger partial charge in [-0.1, -0.05) is 0 Å².